The van der Waals surface area contributed by atoms with Gasteiger partial charge in [-0.05, 0) is 31.5 Å². The number of carbonyl (C=O) groups is 1. The van der Waals surface area contributed by atoms with Gasteiger partial charge in [-0.15, -0.1) is 0 Å². The minimum Gasteiger partial charge on any atom is -0.462 e. The van der Waals surface area contributed by atoms with Crippen molar-refractivity contribution in [2.75, 3.05) is 6.61 Å². The van der Waals surface area contributed by atoms with Gasteiger partial charge in [-0.25, -0.2) is 9.18 Å². The summed E-state index contributed by atoms with van der Waals surface area (Å²) in [7, 11) is 0. The highest BCUT2D eigenvalue weighted by Crippen LogP contribution is 2.24. The smallest absolute Gasteiger partial charge is 0.362 e. The van der Waals surface area contributed by atoms with Crippen LogP contribution in [-0.2, 0) is 9.53 Å². The normalized spacial score (nSPS) is 12.6. The molecule has 1 atom stereocenters. The largest absolute Gasteiger partial charge is 0.462 e. The van der Waals surface area contributed by atoms with Crippen LogP contribution < -0.4 is 0 Å². The fraction of sp³-hybridized carbons (Fsp3) is 0.308. The SMILES string of the molecule is CCOC(=O)C(F)n1ccc2c(C)cccc21. The van der Waals surface area contributed by atoms with Crippen LogP contribution in [0.5, 0.6) is 0 Å². The van der Waals surface area contributed by atoms with Crippen molar-refractivity contribution in [2.45, 2.75) is 20.1 Å². The van der Waals surface area contributed by atoms with Crippen LogP contribution in [0.15, 0.2) is 30.5 Å². The summed E-state index contributed by atoms with van der Waals surface area (Å²) in [5, 5.41) is 0.944. The van der Waals surface area contributed by atoms with Gasteiger partial charge < -0.3 is 9.30 Å². The molecule has 0 amide bonds. The Morgan fingerprint density at radius 2 is 2.24 bits per heavy atom. The van der Waals surface area contributed by atoms with E-state index in [0.29, 0.717) is 5.52 Å². The van der Waals surface area contributed by atoms with Crippen LogP contribution in [0.2, 0.25) is 0 Å². The van der Waals surface area contributed by atoms with Gasteiger partial charge in [-0.2, -0.15) is 0 Å². The standard InChI is InChI=1S/C13H14FNO2/c1-3-17-13(16)12(14)15-8-7-10-9(2)5-4-6-11(10)15/h4-8,12H,3H2,1-2H3. The van der Waals surface area contributed by atoms with E-state index in [2.05, 4.69) is 4.74 Å². The average molecular weight is 235 g/mol. The molecule has 1 heterocycles. The Balaban J connectivity index is 2.42. The third kappa shape index (κ3) is 2.02. The Labute approximate surface area is 98.8 Å². The summed E-state index contributed by atoms with van der Waals surface area (Å²) in [5.74, 6) is -0.855. The number of alkyl halides is 1. The predicted molar refractivity (Wildman–Crippen MR) is 63.5 cm³/mol. The molecule has 0 bridgehead atoms. The number of halogens is 1. The topological polar surface area (TPSA) is 31.2 Å². The number of ether oxygens (including phenoxy) is 1. The second-order valence-corrected chi connectivity index (χ2v) is 3.82. The molecule has 3 nitrogen and oxygen atoms in total. The minimum atomic E-state index is -1.78. The van der Waals surface area contributed by atoms with Crippen LogP contribution in [0.3, 0.4) is 0 Å². The number of esters is 1. The zero-order valence-electron chi connectivity index (χ0n) is 9.81. The molecule has 0 aliphatic rings. The predicted octanol–water partition coefficient (Wildman–Crippen LogP) is 2.98. The number of fused-ring (bicyclic) bond motifs is 1. The van der Waals surface area contributed by atoms with Crippen molar-refractivity contribution >= 4 is 16.9 Å². The second-order valence-electron chi connectivity index (χ2n) is 3.82. The van der Waals surface area contributed by atoms with Crippen LogP contribution in [0.4, 0.5) is 4.39 Å². The molecule has 4 heteroatoms. The highest BCUT2D eigenvalue weighted by Gasteiger charge is 2.21. The first kappa shape index (κ1) is 11.6. The first-order valence-electron chi connectivity index (χ1n) is 5.52. The molecule has 0 aliphatic heterocycles. The van der Waals surface area contributed by atoms with E-state index in [-0.39, 0.29) is 6.61 Å². The molecule has 1 unspecified atom stereocenters. The fourth-order valence-corrected chi connectivity index (χ4v) is 1.86. The van der Waals surface area contributed by atoms with E-state index in [0.717, 1.165) is 10.9 Å². The molecule has 0 saturated heterocycles. The molecular weight excluding hydrogens is 221 g/mol. The Morgan fingerprint density at radius 3 is 2.94 bits per heavy atom. The molecular formula is C13H14FNO2. The lowest BCUT2D eigenvalue weighted by Gasteiger charge is -2.10. The van der Waals surface area contributed by atoms with E-state index in [1.807, 2.05) is 19.1 Å². The molecule has 2 rings (SSSR count). The summed E-state index contributed by atoms with van der Waals surface area (Å²) in [6.45, 7) is 3.78. The highest BCUT2D eigenvalue weighted by molar-refractivity contribution is 5.85. The molecule has 1 aromatic heterocycles. The van der Waals surface area contributed by atoms with Gasteiger partial charge in [0.05, 0.1) is 12.1 Å². The van der Waals surface area contributed by atoms with Crippen LogP contribution >= 0.6 is 0 Å². The minimum absolute atomic E-state index is 0.178. The third-order valence-corrected chi connectivity index (χ3v) is 2.71. The van der Waals surface area contributed by atoms with Crippen molar-refractivity contribution < 1.29 is 13.9 Å². The molecule has 90 valence electrons. The quantitative estimate of drug-likeness (QED) is 0.766. The monoisotopic (exact) mass is 235 g/mol. The van der Waals surface area contributed by atoms with Crippen molar-refractivity contribution in [2.24, 2.45) is 0 Å². The fourth-order valence-electron chi connectivity index (χ4n) is 1.86. The summed E-state index contributed by atoms with van der Waals surface area (Å²) in [6.07, 6.45) is -0.214. The van der Waals surface area contributed by atoms with Crippen LogP contribution in [0.1, 0.15) is 18.8 Å². The molecule has 0 saturated carbocycles. The molecule has 1 aromatic carbocycles. The molecule has 0 N–H and O–H groups in total. The first-order chi connectivity index (χ1) is 8.15. The summed E-state index contributed by atoms with van der Waals surface area (Å²) < 4.78 is 19.9. The van der Waals surface area contributed by atoms with E-state index in [1.165, 1.54) is 4.57 Å². The van der Waals surface area contributed by atoms with Gasteiger partial charge in [-0.1, -0.05) is 12.1 Å². The number of carbonyl (C=O) groups excluding carboxylic acids is 1. The van der Waals surface area contributed by atoms with Gasteiger partial charge in [0.25, 0.3) is 6.30 Å². The second kappa shape index (κ2) is 4.57. The molecule has 17 heavy (non-hydrogen) atoms. The zero-order valence-corrected chi connectivity index (χ0v) is 9.81. The van der Waals surface area contributed by atoms with Gasteiger partial charge >= 0.3 is 5.97 Å². The summed E-state index contributed by atoms with van der Waals surface area (Å²) >= 11 is 0. The number of hydrogen-bond acceptors (Lipinski definition) is 2. The van der Waals surface area contributed by atoms with Crippen LogP contribution in [0, 0.1) is 6.92 Å². The van der Waals surface area contributed by atoms with Crippen LogP contribution in [-0.4, -0.2) is 17.1 Å². The van der Waals surface area contributed by atoms with Crippen molar-refractivity contribution in [3.8, 4) is 0 Å². The van der Waals surface area contributed by atoms with Crippen molar-refractivity contribution in [3.63, 3.8) is 0 Å². The number of nitrogens with zero attached hydrogens (tertiary/aromatic N) is 1. The van der Waals surface area contributed by atoms with E-state index in [4.69, 9.17) is 0 Å². The van der Waals surface area contributed by atoms with Gasteiger partial charge in [0.1, 0.15) is 0 Å². The molecule has 0 spiro atoms. The molecule has 0 radical (unpaired) electrons. The van der Waals surface area contributed by atoms with E-state index < -0.39 is 12.3 Å². The Morgan fingerprint density at radius 1 is 1.47 bits per heavy atom. The van der Waals surface area contributed by atoms with E-state index in [9.17, 15) is 9.18 Å². The van der Waals surface area contributed by atoms with Crippen molar-refractivity contribution in [1.82, 2.24) is 4.57 Å². The Hall–Kier alpha value is -1.84. The lowest BCUT2D eigenvalue weighted by Crippen LogP contribution is -2.17. The summed E-state index contributed by atoms with van der Waals surface area (Å²) in [4.78, 5) is 11.4. The van der Waals surface area contributed by atoms with E-state index >= 15 is 0 Å². The Bertz CT molecular complexity index is 547. The van der Waals surface area contributed by atoms with Gasteiger partial charge in [0.15, 0.2) is 0 Å². The maximum absolute atomic E-state index is 13.9. The van der Waals surface area contributed by atoms with Crippen LogP contribution in [0.25, 0.3) is 10.9 Å². The van der Waals surface area contributed by atoms with Crippen molar-refractivity contribution in [1.29, 1.82) is 0 Å². The first-order valence-corrected chi connectivity index (χ1v) is 5.52. The number of benzene rings is 1. The Kier molecular flexibility index (Phi) is 3.13. The number of aromatic nitrogens is 1. The summed E-state index contributed by atoms with van der Waals surface area (Å²) in [6, 6.07) is 7.38. The lowest BCUT2D eigenvalue weighted by atomic mass is 10.1. The lowest BCUT2D eigenvalue weighted by molar-refractivity contribution is -0.152. The van der Waals surface area contributed by atoms with Gasteiger partial charge in [-0.3, -0.25) is 0 Å². The number of hydrogen-bond donors (Lipinski definition) is 0. The maximum Gasteiger partial charge on any atom is 0.362 e. The third-order valence-electron chi connectivity index (χ3n) is 2.71. The highest BCUT2D eigenvalue weighted by atomic mass is 19.1. The molecule has 2 aromatic rings. The van der Waals surface area contributed by atoms with Gasteiger partial charge in [0.2, 0.25) is 0 Å². The maximum atomic E-state index is 13.9. The number of rotatable bonds is 3. The number of aryl methyl sites for hydroxylation is 1. The van der Waals surface area contributed by atoms with Gasteiger partial charge in [0, 0.05) is 11.6 Å². The van der Waals surface area contributed by atoms with Crippen molar-refractivity contribution in [3.05, 3.63) is 36.0 Å². The molecule has 0 aliphatic carbocycles. The average Bonchev–Trinajstić information content (AvgIpc) is 2.73. The zero-order chi connectivity index (χ0) is 12.4. The summed E-state index contributed by atoms with van der Waals surface area (Å²) in [5.41, 5.74) is 1.75. The molecule has 0 fully saturated rings. The van der Waals surface area contributed by atoms with E-state index in [1.54, 1.807) is 25.3 Å².